The first-order valence-corrected chi connectivity index (χ1v) is 11.7. The van der Waals surface area contributed by atoms with Gasteiger partial charge in [-0.1, -0.05) is 12.5 Å². The van der Waals surface area contributed by atoms with Gasteiger partial charge < -0.3 is 15.4 Å². The van der Waals surface area contributed by atoms with Crippen LogP contribution in [0.15, 0.2) is 36.4 Å². The Hall–Kier alpha value is -3.27. The minimum absolute atomic E-state index is 0.264. The van der Waals surface area contributed by atoms with Crippen LogP contribution in [0.2, 0.25) is 0 Å². The van der Waals surface area contributed by atoms with Crippen LogP contribution in [0.5, 0.6) is 5.75 Å². The highest BCUT2D eigenvalue weighted by Crippen LogP contribution is 2.36. The van der Waals surface area contributed by atoms with Crippen molar-refractivity contribution in [1.82, 2.24) is 9.80 Å². The number of methoxy groups -OCH3 is 1. The predicted octanol–water partition coefficient (Wildman–Crippen LogP) is 3.88. The zero-order valence-corrected chi connectivity index (χ0v) is 19.6. The average Bonchev–Trinajstić information content (AvgIpc) is 3.08. The van der Waals surface area contributed by atoms with Crippen molar-refractivity contribution in [2.24, 2.45) is 0 Å². The number of benzene rings is 2. The van der Waals surface area contributed by atoms with Crippen molar-refractivity contribution in [2.45, 2.75) is 25.4 Å². The molecule has 2 aliphatic heterocycles. The first-order valence-electron chi connectivity index (χ1n) is 11.7. The van der Waals surface area contributed by atoms with Gasteiger partial charge in [-0.2, -0.15) is 13.2 Å². The van der Waals surface area contributed by atoms with Gasteiger partial charge in [0.25, 0.3) is 11.8 Å². The Labute approximate surface area is 202 Å². The number of fused-ring (bicyclic) bond motifs is 1. The summed E-state index contributed by atoms with van der Waals surface area (Å²) in [6, 6.07) is 9.10. The fraction of sp³-hybridized carbons (Fsp3) is 0.440. The number of piperazine rings is 1. The van der Waals surface area contributed by atoms with Gasteiger partial charge in [0.2, 0.25) is 0 Å². The van der Waals surface area contributed by atoms with Gasteiger partial charge in [0.15, 0.2) is 0 Å². The van der Waals surface area contributed by atoms with Crippen LogP contribution in [0, 0.1) is 0 Å². The number of carbonyl (C=O) groups is 2. The lowest BCUT2D eigenvalue weighted by Gasteiger charge is -2.36. The Morgan fingerprint density at radius 2 is 1.66 bits per heavy atom. The molecule has 0 spiro atoms. The van der Waals surface area contributed by atoms with E-state index in [1.165, 1.54) is 18.1 Å². The van der Waals surface area contributed by atoms with Gasteiger partial charge in [0.1, 0.15) is 5.75 Å². The molecule has 0 aliphatic carbocycles. The fourth-order valence-electron chi connectivity index (χ4n) is 4.67. The number of imide groups is 1. The number of amides is 2. The number of ether oxygens (including phenoxy) is 1. The van der Waals surface area contributed by atoms with E-state index < -0.39 is 11.7 Å². The zero-order valence-electron chi connectivity index (χ0n) is 19.6. The lowest BCUT2D eigenvalue weighted by atomic mass is 10.1. The highest BCUT2D eigenvalue weighted by molar-refractivity contribution is 6.22. The van der Waals surface area contributed by atoms with E-state index in [9.17, 15) is 22.8 Å². The number of nitrogens with zero attached hydrogens (tertiary/aromatic N) is 3. The number of rotatable bonds is 8. The number of nitrogens with two attached hydrogens (primary N) is 1. The summed E-state index contributed by atoms with van der Waals surface area (Å²) in [6.45, 7) is 4.01. The summed E-state index contributed by atoms with van der Waals surface area (Å²) < 4.78 is 44.7. The molecule has 2 aromatic rings. The number of alkyl halides is 3. The lowest BCUT2D eigenvalue weighted by molar-refractivity contribution is -0.136. The van der Waals surface area contributed by atoms with Crippen molar-refractivity contribution in [3.8, 4) is 5.75 Å². The molecule has 7 nitrogen and oxygen atoms in total. The van der Waals surface area contributed by atoms with Crippen LogP contribution < -0.4 is 15.4 Å². The van der Waals surface area contributed by atoms with Crippen LogP contribution in [0.25, 0.3) is 0 Å². The number of halogens is 3. The molecule has 2 heterocycles. The molecule has 188 valence electrons. The average molecular weight is 491 g/mol. The van der Waals surface area contributed by atoms with Gasteiger partial charge >= 0.3 is 6.18 Å². The minimum atomic E-state index is -4.47. The van der Waals surface area contributed by atoms with E-state index in [0.29, 0.717) is 48.6 Å². The first kappa shape index (κ1) is 24.8. The van der Waals surface area contributed by atoms with Crippen LogP contribution in [-0.4, -0.2) is 68.0 Å². The Bertz CT molecular complexity index is 1100. The quantitative estimate of drug-likeness (QED) is 0.344. The molecule has 2 aromatic carbocycles. The van der Waals surface area contributed by atoms with Crippen molar-refractivity contribution >= 4 is 23.2 Å². The molecule has 1 saturated heterocycles. The van der Waals surface area contributed by atoms with E-state index in [1.807, 2.05) is 4.90 Å². The molecular weight excluding hydrogens is 461 g/mol. The van der Waals surface area contributed by atoms with Crippen molar-refractivity contribution in [3.63, 3.8) is 0 Å². The van der Waals surface area contributed by atoms with Gasteiger partial charge in [-0.15, -0.1) is 0 Å². The molecule has 0 saturated carbocycles. The lowest BCUT2D eigenvalue weighted by Crippen LogP contribution is -2.46. The predicted molar refractivity (Wildman–Crippen MR) is 127 cm³/mol. The number of nitrogen functional groups attached to an aromatic ring is 1. The Kier molecular flexibility index (Phi) is 7.20. The van der Waals surface area contributed by atoms with Gasteiger partial charge in [0, 0.05) is 44.1 Å². The number of carbonyl (C=O) groups excluding carboxylic acids is 2. The Morgan fingerprint density at radius 3 is 2.34 bits per heavy atom. The van der Waals surface area contributed by atoms with Crippen molar-refractivity contribution in [1.29, 1.82) is 0 Å². The third kappa shape index (κ3) is 5.22. The highest BCUT2D eigenvalue weighted by Gasteiger charge is 2.37. The smallest absolute Gasteiger partial charge is 0.418 e. The third-order valence-electron chi connectivity index (χ3n) is 6.62. The normalized spacial score (nSPS) is 16.7. The SMILES string of the molecule is COc1cccc2c1C(=O)N(CCCCCN1CCN(c3ccc(N)c(C(F)(F)F)c3)CC1)C2=O. The minimum Gasteiger partial charge on any atom is -0.496 e. The second kappa shape index (κ2) is 10.2. The van der Waals surface area contributed by atoms with E-state index >= 15 is 0 Å². The van der Waals surface area contributed by atoms with Crippen molar-refractivity contribution in [3.05, 3.63) is 53.1 Å². The van der Waals surface area contributed by atoms with Gasteiger partial charge in [0.05, 0.1) is 23.8 Å². The molecule has 2 N–H and O–H groups in total. The summed E-state index contributed by atoms with van der Waals surface area (Å²) in [4.78, 5) is 30.8. The number of unbranched alkanes of at least 4 members (excludes halogenated alkanes) is 2. The molecule has 0 radical (unpaired) electrons. The van der Waals surface area contributed by atoms with Crippen LogP contribution in [-0.2, 0) is 6.18 Å². The number of hydrogen-bond donors (Lipinski definition) is 1. The highest BCUT2D eigenvalue weighted by atomic mass is 19.4. The fourth-order valence-corrected chi connectivity index (χ4v) is 4.67. The Balaban J connectivity index is 1.20. The summed E-state index contributed by atoms with van der Waals surface area (Å²) >= 11 is 0. The first-order chi connectivity index (χ1) is 16.7. The summed E-state index contributed by atoms with van der Waals surface area (Å²) in [5.41, 5.74) is 5.69. The molecule has 4 rings (SSSR count). The largest absolute Gasteiger partial charge is 0.496 e. The summed E-state index contributed by atoms with van der Waals surface area (Å²) in [6.07, 6.45) is -2.00. The van der Waals surface area contributed by atoms with Gasteiger partial charge in [-0.25, -0.2) is 0 Å². The third-order valence-corrected chi connectivity index (χ3v) is 6.62. The maximum absolute atomic E-state index is 13.2. The zero-order chi connectivity index (χ0) is 25.2. The van der Waals surface area contributed by atoms with Gasteiger partial charge in [-0.3, -0.25) is 19.4 Å². The molecular formula is C25H29F3N4O3. The van der Waals surface area contributed by atoms with E-state index in [2.05, 4.69) is 4.90 Å². The molecule has 0 unspecified atom stereocenters. The molecule has 1 fully saturated rings. The molecule has 0 bridgehead atoms. The van der Waals surface area contributed by atoms with Gasteiger partial charge in [-0.05, 0) is 49.7 Å². The number of hydrogen-bond acceptors (Lipinski definition) is 6. The standard InChI is InChI=1S/C25H29F3N4O3/c1-35-21-7-5-6-18-22(21)24(34)32(23(18)33)11-4-2-3-10-30-12-14-31(15-13-30)17-8-9-20(29)19(16-17)25(26,27)28/h5-9,16H,2-4,10-15,29H2,1H3. The van der Waals surface area contributed by atoms with Crippen molar-refractivity contribution < 1.29 is 27.5 Å². The van der Waals surface area contributed by atoms with Crippen LogP contribution in [0.1, 0.15) is 45.5 Å². The van der Waals surface area contributed by atoms with E-state index in [-0.39, 0.29) is 17.5 Å². The molecule has 0 aromatic heterocycles. The van der Waals surface area contributed by atoms with E-state index in [1.54, 1.807) is 24.3 Å². The number of anilines is 2. The summed E-state index contributed by atoms with van der Waals surface area (Å²) in [5, 5.41) is 0. The molecule has 35 heavy (non-hydrogen) atoms. The van der Waals surface area contributed by atoms with Crippen LogP contribution in [0.3, 0.4) is 0 Å². The molecule has 10 heteroatoms. The van der Waals surface area contributed by atoms with Crippen LogP contribution >= 0.6 is 0 Å². The van der Waals surface area contributed by atoms with Crippen molar-refractivity contribution in [2.75, 3.05) is 57.0 Å². The maximum Gasteiger partial charge on any atom is 0.418 e. The Morgan fingerprint density at radius 1 is 0.943 bits per heavy atom. The topological polar surface area (TPSA) is 79.1 Å². The maximum atomic E-state index is 13.2. The summed E-state index contributed by atoms with van der Waals surface area (Å²) in [5.74, 6) is -0.178. The summed E-state index contributed by atoms with van der Waals surface area (Å²) in [7, 11) is 1.48. The second-order valence-electron chi connectivity index (χ2n) is 8.80. The molecule has 2 aliphatic rings. The van der Waals surface area contributed by atoms with E-state index in [4.69, 9.17) is 10.5 Å². The molecule has 0 atom stereocenters. The second-order valence-corrected chi connectivity index (χ2v) is 8.80. The molecule has 2 amide bonds. The van der Waals surface area contributed by atoms with Crippen LogP contribution in [0.4, 0.5) is 24.5 Å². The monoisotopic (exact) mass is 490 g/mol. The van der Waals surface area contributed by atoms with E-state index in [0.717, 1.165) is 38.5 Å².